The topological polar surface area (TPSA) is 34.1 Å². The predicted molar refractivity (Wildman–Crippen MR) is 92.8 cm³/mol. The summed E-state index contributed by atoms with van der Waals surface area (Å²) in [6, 6.07) is 0. The van der Waals surface area contributed by atoms with Gasteiger partial charge in [-0.15, -0.1) is 0 Å². The lowest BCUT2D eigenvalue weighted by molar-refractivity contribution is -0.120. The fourth-order valence-electron chi connectivity index (χ4n) is 4.23. The Bertz CT molecular complexity index is 393. The van der Waals surface area contributed by atoms with E-state index in [2.05, 4.69) is 41.5 Å². The van der Waals surface area contributed by atoms with Crippen LogP contribution in [0, 0.1) is 22.7 Å². The molecular weight excluding hydrogens is 272 g/mol. The van der Waals surface area contributed by atoms with Crippen molar-refractivity contribution >= 4 is 11.6 Å². The van der Waals surface area contributed by atoms with E-state index in [4.69, 9.17) is 0 Å². The first-order chi connectivity index (χ1) is 9.99. The molecular formula is C20H36O2. The van der Waals surface area contributed by atoms with Gasteiger partial charge in [0, 0.05) is 25.7 Å². The van der Waals surface area contributed by atoms with Crippen LogP contribution < -0.4 is 0 Å². The van der Waals surface area contributed by atoms with Gasteiger partial charge in [-0.2, -0.15) is 0 Å². The van der Waals surface area contributed by atoms with Crippen LogP contribution in [-0.2, 0) is 9.59 Å². The van der Waals surface area contributed by atoms with Crippen molar-refractivity contribution in [2.24, 2.45) is 22.7 Å². The van der Waals surface area contributed by atoms with Crippen LogP contribution >= 0.6 is 0 Å². The number of hydrogen-bond donors (Lipinski definition) is 0. The minimum atomic E-state index is 0.257. The van der Waals surface area contributed by atoms with Gasteiger partial charge in [0.15, 0.2) is 0 Å². The standard InChI is InChI=1S/2C10H18O/c1-8-6-9(11)4-5-10(2,3)7-8;1-8-4-5-9(11)7-10(2,3)6-8/h2*8H,4-7H2,1-3H3. The molecule has 0 aromatic heterocycles. The molecule has 0 radical (unpaired) electrons. The Kier molecular flexibility index (Phi) is 6.83. The van der Waals surface area contributed by atoms with Crippen molar-refractivity contribution in [1.82, 2.24) is 0 Å². The molecule has 2 aliphatic carbocycles. The average molecular weight is 309 g/mol. The summed E-state index contributed by atoms with van der Waals surface area (Å²) in [5, 5.41) is 0. The van der Waals surface area contributed by atoms with Crippen LogP contribution in [0.1, 0.15) is 92.9 Å². The zero-order valence-electron chi connectivity index (χ0n) is 15.6. The zero-order chi connectivity index (χ0) is 17.0. The van der Waals surface area contributed by atoms with Crippen molar-refractivity contribution in [2.75, 3.05) is 0 Å². The minimum absolute atomic E-state index is 0.257. The third-order valence-electron chi connectivity index (χ3n) is 5.05. The summed E-state index contributed by atoms with van der Waals surface area (Å²) in [5.41, 5.74) is 0.651. The Morgan fingerprint density at radius 1 is 0.818 bits per heavy atom. The smallest absolute Gasteiger partial charge is 0.133 e. The van der Waals surface area contributed by atoms with E-state index in [1.54, 1.807) is 0 Å². The van der Waals surface area contributed by atoms with Gasteiger partial charge < -0.3 is 0 Å². The highest BCUT2D eigenvalue weighted by Gasteiger charge is 2.28. The molecule has 128 valence electrons. The first-order valence-electron chi connectivity index (χ1n) is 9.02. The molecule has 2 rings (SSSR count). The molecule has 2 nitrogen and oxygen atoms in total. The number of rotatable bonds is 0. The van der Waals surface area contributed by atoms with Crippen LogP contribution in [0.2, 0.25) is 0 Å². The maximum Gasteiger partial charge on any atom is 0.133 e. The van der Waals surface area contributed by atoms with Crippen LogP contribution in [0.15, 0.2) is 0 Å². The maximum absolute atomic E-state index is 11.2. The highest BCUT2D eigenvalue weighted by molar-refractivity contribution is 5.79. The van der Waals surface area contributed by atoms with Crippen molar-refractivity contribution in [1.29, 1.82) is 0 Å². The van der Waals surface area contributed by atoms with Crippen molar-refractivity contribution in [2.45, 2.75) is 92.9 Å². The second kappa shape index (κ2) is 7.75. The lowest BCUT2D eigenvalue weighted by Crippen LogP contribution is -2.15. The van der Waals surface area contributed by atoms with Gasteiger partial charge in [0.1, 0.15) is 11.6 Å². The fraction of sp³-hybridized carbons (Fsp3) is 0.900. The second-order valence-electron chi connectivity index (χ2n) is 9.44. The third kappa shape index (κ3) is 7.56. The fourth-order valence-corrected chi connectivity index (χ4v) is 4.23. The van der Waals surface area contributed by atoms with Crippen LogP contribution in [0.4, 0.5) is 0 Å². The van der Waals surface area contributed by atoms with E-state index < -0.39 is 0 Å². The van der Waals surface area contributed by atoms with Gasteiger partial charge in [-0.3, -0.25) is 9.59 Å². The third-order valence-corrected chi connectivity index (χ3v) is 5.05. The molecule has 2 fully saturated rings. The number of Topliss-reactive ketones (excluding diaryl/α,β-unsaturated/α-hetero) is 2. The van der Waals surface area contributed by atoms with Crippen molar-refractivity contribution in [3.8, 4) is 0 Å². The van der Waals surface area contributed by atoms with Gasteiger partial charge in [-0.05, 0) is 48.3 Å². The normalized spacial score (nSPS) is 31.5. The number of carbonyl (C=O) groups excluding carboxylic acids is 2. The average Bonchev–Trinajstić information content (AvgIpc) is 2.51. The lowest BCUT2D eigenvalue weighted by Gasteiger charge is -2.23. The summed E-state index contributed by atoms with van der Waals surface area (Å²) in [6.45, 7) is 13.4. The van der Waals surface area contributed by atoms with Crippen LogP contribution in [0.25, 0.3) is 0 Å². The molecule has 0 spiro atoms. The van der Waals surface area contributed by atoms with Crippen molar-refractivity contribution < 1.29 is 9.59 Å². The molecule has 2 saturated carbocycles. The van der Waals surface area contributed by atoms with Crippen LogP contribution in [0.3, 0.4) is 0 Å². The monoisotopic (exact) mass is 308 g/mol. The van der Waals surface area contributed by atoms with Gasteiger partial charge in [-0.25, -0.2) is 0 Å². The molecule has 22 heavy (non-hydrogen) atoms. The molecule has 2 atom stereocenters. The minimum Gasteiger partial charge on any atom is -0.300 e. The Morgan fingerprint density at radius 2 is 1.41 bits per heavy atom. The summed E-state index contributed by atoms with van der Waals surface area (Å²) in [4.78, 5) is 22.4. The van der Waals surface area contributed by atoms with E-state index in [-0.39, 0.29) is 5.41 Å². The number of hydrogen-bond acceptors (Lipinski definition) is 2. The number of carbonyl (C=O) groups is 2. The van der Waals surface area contributed by atoms with Crippen LogP contribution in [-0.4, -0.2) is 11.6 Å². The van der Waals surface area contributed by atoms with Gasteiger partial charge in [0.25, 0.3) is 0 Å². The van der Waals surface area contributed by atoms with E-state index in [0.29, 0.717) is 22.9 Å². The van der Waals surface area contributed by atoms with Gasteiger partial charge in [0.05, 0.1) is 0 Å². The van der Waals surface area contributed by atoms with Gasteiger partial charge >= 0.3 is 0 Å². The number of ketones is 2. The largest absolute Gasteiger partial charge is 0.300 e. The zero-order valence-corrected chi connectivity index (χ0v) is 15.6. The highest BCUT2D eigenvalue weighted by atomic mass is 16.1. The Morgan fingerprint density at radius 3 is 2.05 bits per heavy atom. The molecule has 2 aliphatic rings. The Hall–Kier alpha value is -0.660. The predicted octanol–water partition coefficient (Wildman–Crippen LogP) is 5.58. The quantitative estimate of drug-likeness (QED) is 0.547. The first kappa shape index (κ1) is 19.4. The first-order valence-corrected chi connectivity index (χ1v) is 9.02. The SMILES string of the molecule is CC1CC(=O)CCC(C)(C)C1.CC1CCC(=O)CC(C)(C)C1. The second-order valence-corrected chi connectivity index (χ2v) is 9.44. The summed E-state index contributed by atoms with van der Waals surface area (Å²) in [6.07, 6.45) is 7.80. The Balaban J connectivity index is 0.000000220. The summed E-state index contributed by atoms with van der Waals surface area (Å²) < 4.78 is 0. The van der Waals surface area contributed by atoms with Gasteiger partial charge in [0.2, 0.25) is 0 Å². The van der Waals surface area contributed by atoms with E-state index in [0.717, 1.165) is 44.4 Å². The summed E-state index contributed by atoms with van der Waals surface area (Å²) in [7, 11) is 0. The summed E-state index contributed by atoms with van der Waals surface area (Å²) in [5.74, 6) is 2.25. The van der Waals surface area contributed by atoms with E-state index >= 15 is 0 Å². The van der Waals surface area contributed by atoms with Crippen molar-refractivity contribution in [3.63, 3.8) is 0 Å². The summed E-state index contributed by atoms with van der Waals surface area (Å²) >= 11 is 0. The maximum atomic E-state index is 11.2. The molecule has 0 bridgehead atoms. The van der Waals surface area contributed by atoms with E-state index in [1.807, 2.05) is 0 Å². The van der Waals surface area contributed by atoms with Crippen molar-refractivity contribution in [3.05, 3.63) is 0 Å². The lowest BCUT2D eigenvalue weighted by atomic mass is 9.82. The molecule has 0 saturated heterocycles. The molecule has 0 N–H and O–H groups in total. The van der Waals surface area contributed by atoms with E-state index in [9.17, 15) is 9.59 Å². The molecule has 0 amide bonds. The molecule has 0 aromatic rings. The molecule has 0 aromatic carbocycles. The molecule has 0 heterocycles. The Labute approximate surface area is 137 Å². The molecule has 0 aliphatic heterocycles. The van der Waals surface area contributed by atoms with Gasteiger partial charge in [-0.1, -0.05) is 41.5 Å². The molecule has 2 unspecified atom stereocenters. The highest BCUT2D eigenvalue weighted by Crippen LogP contribution is 2.36. The van der Waals surface area contributed by atoms with Crippen LogP contribution in [0.5, 0.6) is 0 Å². The van der Waals surface area contributed by atoms with E-state index in [1.165, 1.54) is 12.8 Å². The molecule has 2 heteroatoms.